The van der Waals surface area contributed by atoms with Gasteiger partial charge in [0.15, 0.2) is 5.82 Å². The predicted molar refractivity (Wildman–Crippen MR) is 103 cm³/mol. The number of likely N-dealkylation sites (tertiary alicyclic amines) is 1. The van der Waals surface area contributed by atoms with Gasteiger partial charge >= 0.3 is 0 Å². The highest BCUT2D eigenvalue weighted by Crippen LogP contribution is 2.38. The first-order valence-electron chi connectivity index (χ1n) is 9.91. The largest absolute Gasteiger partial charge is 0.336 e. The van der Waals surface area contributed by atoms with Gasteiger partial charge in [-0.1, -0.05) is 31.0 Å². The van der Waals surface area contributed by atoms with E-state index in [9.17, 15) is 4.79 Å². The van der Waals surface area contributed by atoms with Gasteiger partial charge in [-0.05, 0) is 37.8 Å². The number of nitrogens with zero attached hydrogens (tertiary/aromatic N) is 5. The van der Waals surface area contributed by atoms with Crippen molar-refractivity contribution in [3.8, 4) is 5.69 Å². The molecule has 2 aromatic heterocycles. The highest BCUT2D eigenvalue weighted by atomic mass is 16.2. The number of hydrogen-bond donors (Lipinski definition) is 0. The van der Waals surface area contributed by atoms with Gasteiger partial charge in [0.25, 0.3) is 5.91 Å². The Balaban J connectivity index is 1.62. The molecule has 5 rings (SSSR count). The van der Waals surface area contributed by atoms with E-state index >= 15 is 0 Å². The van der Waals surface area contributed by atoms with Gasteiger partial charge in [-0.15, -0.1) is 0 Å². The summed E-state index contributed by atoms with van der Waals surface area (Å²) in [5.74, 6) is 1.60. The molecule has 0 atom stereocenters. The number of carbonyl (C=O) groups is 1. The fourth-order valence-electron chi connectivity index (χ4n) is 3.82. The summed E-state index contributed by atoms with van der Waals surface area (Å²) in [5, 5.41) is 5.78. The van der Waals surface area contributed by atoms with Crippen LogP contribution in [0.15, 0.2) is 36.5 Å². The van der Waals surface area contributed by atoms with Crippen molar-refractivity contribution < 1.29 is 4.79 Å². The molecule has 6 nitrogen and oxygen atoms in total. The van der Waals surface area contributed by atoms with Crippen molar-refractivity contribution in [1.82, 2.24) is 24.6 Å². The minimum absolute atomic E-state index is 0.00997. The third-order valence-corrected chi connectivity index (χ3v) is 5.49. The van der Waals surface area contributed by atoms with E-state index in [1.165, 1.54) is 12.8 Å². The summed E-state index contributed by atoms with van der Waals surface area (Å²) in [6, 6.07) is 9.94. The van der Waals surface area contributed by atoms with Gasteiger partial charge in [-0.25, -0.2) is 9.67 Å². The summed E-state index contributed by atoms with van der Waals surface area (Å²) in [6.07, 6.45) is 8.50. The number of hydrogen-bond acceptors (Lipinski definition) is 4. The lowest BCUT2D eigenvalue weighted by atomic mass is 10.2. The second-order valence-electron chi connectivity index (χ2n) is 7.54. The SMILES string of the molecule is O=C(c1nc(C2CC2)nn1-c1cccc2cccnc12)N1CCCCCC1. The van der Waals surface area contributed by atoms with Crippen LogP contribution in [0.3, 0.4) is 0 Å². The molecular formula is C21H23N5O. The van der Waals surface area contributed by atoms with Crippen molar-refractivity contribution in [2.45, 2.75) is 44.4 Å². The van der Waals surface area contributed by atoms with Gasteiger partial charge in [0, 0.05) is 30.6 Å². The number of para-hydroxylation sites is 1. The van der Waals surface area contributed by atoms with Crippen LogP contribution in [0.4, 0.5) is 0 Å². The monoisotopic (exact) mass is 361 g/mol. The van der Waals surface area contributed by atoms with Crippen LogP contribution in [0.25, 0.3) is 16.6 Å². The van der Waals surface area contributed by atoms with Gasteiger partial charge in [0.1, 0.15) is 0 Å². The van der Waals surface area contributed by atoms with E-state index in [0.717, 1.165) is 61.2 Å². The Kier molecular flexibility index (Phi) is 4.11. The molecule has 2 fully saturated rings. The lowest BCUT2D eigenvalue weighted by molar-refractivity contribution is 0.0746. The lowest BCUT2D eigenvalue weighted by Crippen LogP contribution is -2.33. The molecule has 6 heteroatoms. The Bertz CT molecular complexity index is 978. The molecule has 0 spiro atoms. The van der Waals surface area contributed by atoms with Gasteiger partial charge in [0.2, 0.25) is 5.82 Å². The molecule has 1 aliphatic carbocycles. The smallest absolute Gasteiger partial charge is 0.291 e. The fraction of sp³-hybridized carbons (Fsp3) is 0.429. The molecule has 3 aromatic rings. The van der Waals surface area contributed by atoms with E-state index in [4.69, 9.17) is 10.1 Å². The van der Waals surface area contributed by atoms with Crippen LogP contribution < -0.4 is 0 Å². The molecule has 0 radical (unpaired) electrons. The minimum atomic E-state index is -0.00997. The number of fused-ring (bicyclic) bond motifs is 1. The summed E-state index contributed by atoms with van der Waals surface area (Å²) >= 11 is 0. The van der Waals surface area contributed by atoms with Crippen molar-refractivity contribution in [2.75, 3.05) is 13.1 Å². The lowest BCUT2D eigenvalue weighted by Gasteiger charge is -2.20. The van der Waals surface area contributed by atoms with E-state index in [0.29, 0.717) is 11.7 Å². The van der Waals surface area contributed by atoms with Gasteiger partial charge in [0.05, 0.1) is 11.2 Å². The first-order chi connectivity index (χ1) is 13.3. The maximum Gasteiger partial charge on any atom is 0.291 e. The van der Waals surface area contributed by atoms with Crippen LogP contribution in [0.2, 0.25) is 0 Å². The zero-order valence-electron chi connectivity index (χ0n) is 15.3. The van der Waals surface area contributed by atoms with Crippen molar-refractivity contribution >= 4 is 16.8 Å². The standard InChI is InChI=1S/C21H23N5O/c27-21(25-13-3-1-2-4-14-25)20-23-19(16-10-11-16)24-26(20)17-9-5-7-15-8-6-12-22-18(15)17/h5-9,12,16H,1-4,10-11,13-14H2. The summed E-state index contributed by atoms with van der Waals surface area (Å²) < 4.78 is 1.73. The Morgan fingerprint density at radius 2 is 1.78 bits per heavy atom. The Morgan fingerprint density at radius 3 is 2.56 bits per heavy atom. The van der Waals surface area contributed by atoms with Crippen LogP contribution >= 0.6 is 0 Å². The third-order valence-electron chi connectivity index (χ3n) is 5.49. The summed E-state index contributed by atoms with van der Waals surface area (Å²) in [6.45, 7) is 1.61. The van der Waals surface area contributed by atoms with Gasteiger partial charge in [-0.3, -0.25) is 9.78 Å². The Hall–Kier alpha value is -2.76. The number of amides is 1. The van der Waals surface area contributed by atoms with E-state index in [1.807, 2.05) is 35.2 Å². The summed E-state index contributed by atoms with van der Waals surface area (Å²) in [4.78, 5) is 24.5. The normalized spacial score (nSPS) is 17.9. The average Bonchev–Trinajstić information content (AvgIpc) is 3.51. The molecule has 3 heterocycles. The molecule has 1 aromatic carbocycles. The fourth-order valence-corrected chi connectivity index (χ4v) is 3.82. The molecule has 2 aliphatic rings. The van der Waals surface area contributed by atoms with Crippen LogP contribution in [-0.4, -0.2) is 43.6 Å². The number of benzene rings is 1. The zero-order chi connectivity index (χ0) is 18.2. The van der Waals surface area contributed by atoms with Crippen molar-refractivity contribution in [1.29, 1.82) is 0 Å². The number of rotatable bonds is 3. The second-order valence-corrected chi connectivity index (χ2v) is 7.54. The van der Waals surface area contributed by atoms with E-state index in [-0.39, 0.29) is 5.91 Å². The molecule has 1 saturated carbocycles. The zero-order valence-corrected chi connectivity index (χ0v) is 15.3. The maximum atomic E-state index is 13.3. The Labute approximate surface area is 158 Å². The number of pyridine rings is 1. The summed E-state index contributed by atoms with van der Waals surface area (Å²) in [7, 11) is 0. The van der Waals surface area contributed by atoms with E-state index in [2.05, 4.69) is 4.98 Å². The van der Waals surface area contributed by atoms with Crippen LogP contribution in [0.5, 0.6) is 0 Å². The molecule has 0 bridgehead atoms. The maximum absolute atomic E-state index is 13.3. The van der Waals surface area contributed by atoms with Crippen LogP contribution in [-0.2, 0) is 0 Å². The molecule has 1 aliphatic heterocycles. The topological polar surface area (TPSA) is 63.9 Å². The van der Waals surface area contributed by atoms with E-state index < -0.39 is 0 Å². The molecule has 1 amide bonds. The Morgan fingerprint density at radius 1 is 1.00 bits per heavy atom. The highest BCUT2D eigenvalue weighted by molar-refractivity contribution is 5.93. The highest BCUT2D eigenvalue weighted by Gasteiger charge is 2.32. The van der Waals surface area contributed by atoms with Crippen molar-refractivity contribution in [2.24, 2.45) is 0 Å². The first kappa shape index (κ1) is 16.4. The van der Waals surface area contributed by atoms with Crippen molar-refractivity contribution in [3.63, 3.8) is 0 Å². The van der Waals surface area contributed by atoms with Crippen LogP contribution in [0, 0.1) is 0 Å². The average molecular weight is 361 g/mol. The quantitative estimate of drug-likeness (QED) is 0.713. The van der Waals surface area contributed by atoms with Gasteiger partial charge < -0.3 is 4.90 Å². The minimum Gasteiger partial charge on any atom is -0.336 e. The molecule has 0 N–H and O–H groups in total. The van der Waals surface area contributed by atoms with Crippen molar-refractivity contribution in [3.05, 3.63) is 48.2 Å². The number of carbonyl (C=O) groups excluding carboxylic acids is 1. The first-order valence-corrected chi connectivity index (χ1v) is 9.91. The number of aromatic nitrogens is 4. The third kappa shape index (κ3) is 3.09. The van der Waals surface area contributed by atoms with E-state index in [1.54, 1.807) is 10.9 Å². The molecule has 0 unspecified atom stereocenters. The van der Waals surface area contributed by atoms with Crippen LogP contribution in [0.1, 0.15) is 60.9 Å². The summed E-state index contributed by atoms with van der Waals surface area (Å²) in [5.41, 5.74) is 1.67. The van der Waals surface area contributed by atoms with Gasteiger partial charge in [-0.2, -0.15) is 5.10 Å². The molecule has 27 heavy (non-hydrogen) atoms. The molecule has 1 saturated heterocycles. The second kappa shape index (κ2) is 6.76. The molecular weight excluding hydrogens is 338 g/mol. The molecule has 138 valence electrons. The predicted octanol–water partition coefficient (Wildman–Crippen LogP) is 3.71.